The van der Waals surface area contributed by atoms with Gasteiger partial charge in [-0.3, -0.25) is 0 Å². The summed E-state index contributed by atoms with van der Waals surface area (Å²) in [5, 5.41) is 8.08. The smallest absolute Gasteiger partial charge is 0.332 e. The molecular weight excluding hydrogens is 326 g/mol. The number of carbonyl (C=O) groups is 3. The molecule has 0 aromatic carbocycles. The highest BCUT2D eigenvalue weighted by molar-refractivity contribution is 5.86. The van der Waals surface area contributed by atoms with Crippen LogP contribution in [0.1, 0.15) is 27.2 Å². The predicted octanol–water partition coefficient (Wildman–Crippen LogP) is 2.69. The second kappa shape index (κ2) is 21.6. The van der Waals surface area contributed by atoms with Crippen molar-refractivity contribution in [2.24, 2.45) is 0 Å². The number of hydrogen-bond acceptors (Lipinski definition) is 6. The first-order chi connectivity index (χ1) is 11.4. The van der Waals surface area contributed by atoms with Gasteiger partial charge < -0.3 is 19.5 Å². The summed E-state index contributed by atoms with van der Waals surface area (Å²) >= 11 is 0. The molecule has 0 aromatic rings. The van der Waals surface area contributed by atoms with Crippen molar-refractivity contribution in [1.82, 2.24) is 4.90 Å². The second-order valence-corrected chi connectivity index (χ2v) is 4.83. The highest BCUT2D eigenvalue weighted by Crippen LogP contribution is 1.93. The first-order valence-corrected chi connectivity index (χ1v) is 7.45. The Morgan fingerprint density at radius 3 is 1.56 bits per heavy atom. The quantitative estimate of drug-likeness (QED) is 0.596. The summed E-state index contributed by atoms with van der Waals surface area (Å²) in [7, 11) is 7.33. The second-order valence-electron chi connectivity index (χ2n) is 4.83. The average molecular weight is 359 g/mol. The molecule has 0 fully saturated rings. The van der Waals surface area contributed by atoms with Gasteiger partial charge in [-0.15, -0.1) is 0 Å². The van der Waals surface area contributed by atoms with E-state index in [-0.39, 0.29) is 17.5 Å². The molecule has 0 saturated carbocycles. The summed E-state index contributed by atoms with van der Waals surface area (Å²) in [6, 6.07) is 0. The summed E-state index contributed by atoms with van der Waals surface area (Å²) in [5.74, 6) is -1.61. The molecule has 1 N–H and O–H groups in total. The molecular formula is C18H33NO6. The molecule has 25 heavy (non-hydrogen) atoms. The molecule has 0 amide bonds. The van der Waals surface area contributed by atoms with Crippen LogP contribution < -0.4 is 0 Å². The van der Waals surface area contributed by atoms with Gasteiger partial charge in [0.25, 0.3) is 0 Å². The molecule has 0 aromatic heterocycles. The largest absolute Gasteiger partial charge is 0.478 e. The van der Waals surface area contributed by atoms with Crippen LogP contribution in [-0.2, 0) is 23.9 Å². The van der Waals surface area contributed by atoms with Crippen LogP contribution in [0, 0.1) is 0 Å². The van der Waals surface area contributed by atoms with Crippen molar-refractivity contribution < 1.29 is 29.0 Å². The van der Waals surface area contributed by atoms with Crippen LogP contribution >= 0.6 is 0 Å². The van der Waals surface area contributed by atoms with Gasteiger partial charge in [-0.25, -0.2) is 14.4 Å². The maximum atomic E-state index is 10.2. The summed E-state index contributed by atoms with van der Waals surface area (Å²) < 4.78 is 8.71. The van der Waals surface area contributed by atoms with E-state index in [0.717, 1.165) is 6.08 Å². The van der Waals surface area contributed by atoms with Crippen molar-refractivity contribution >= 4 is 17.9 Å². The first kappa shape index (κ1) is 30.5. The van der Waals surface area contributed by atoms with Crippen LogP contribution in [0.25, 0.3) is 0 Å². The van der Waals surface area contributed by atoms with Crippen LogP contribution in [-0.4, -0.2) is 62.8 Å². The molecule has 0 aliphatic heterocycles. The van der Waals surface area contributed by atoms with Gasteiger partial charge in [0.2, 0.25) is 0 Å². The lowest BCUT2D eigenvalue weighted by molar-refractivity contribution is -0.137. The van der Waals surface area contributed by atoms with Crippen molar-refractivity contribution in [3.63, 3.8) is 0 Å². The van der Waals surface area contributed by atoms with Gasteiger partial charge in [0.05, 0.1) is 13.7 Å². The zero-order chi connectivity index (χ0) is 21.0. The lowest BCUT2D eigenvalue weighted by atomic mass is 10.2. The van der Waals surface area contributed by atoms with Gasteiger partial charge in [0.15, 0.2) is 0 Å². The normalized spacial score (nSPS) is 8.00. The molecule has 0 bridgehead atoms. The zero-order valence-corrected chi connectivity index (χ0v) is 16.5. The number of methoxy groups -OCH3 is 1. The molecule has 146 valence electrons. The van der Waals surface area contributed by atoms with E-state index in [9.17, 15) is 14.4 Å². The highest BCUT2D eigenvalue weighted by Gasteiger charge is 1.96. The zero-order valence-electron chi connectivity index (χ0n) is 16.5. The van der Waals surface area contributed by atoms with Crippen LogP contribution in [0.4, 0.5) is 0 Å². The van der Waals surface area contributed by atoms with E-state index in [1.807, 2.05) is 26.0 Å². The summed E-state index contributed by atoms with van der Waals surface area (Å²) in [4.78, 5) is 32.1. The average Bonchev–Trinajstić information content (AvgIpc) is 2.53. The molecule has 0 aliphatic carbocycles. The number of rotatable bonds is 5. The molecule has 0 heterocycles. The Hall–Kier alpha value is -2.41. The van der Waals surface area contributed by atoms with Gasteiger partial charge in [0.1, 0.15) is 0 Å². The monoisotopic (exact) mass is 359 g/mol. The number of carboxylic acids is 1. The summed E-state index contributed by atoms with van der Waals surface area (Å²) in [6.07, 6.45) is 1.67. The number of carboxylic acid groups (broad SMARTS) is 1. The van der Waals surface area contributed by atoms with Crippen LogP contribution in [0.2, 0.25) is 0 Å². The number of hydrogen-bond donors (Lipinski definition) is 1. The minimum absolute atomic E-state index is 0.264. The molecule has 0 saturated heterocycles. The molecule has 0 aliphatic rings. The minimum Gasteiger partial charge on any atom is -0.478 e. The lowest BCUT2D eigenvalue weighted by Crippen LogP contribution is -1.99. The molecule has 0 spiro atoms. The van der Waals surface area contributed by atoms with E-state index in [1.54, 1.807) is 20.8 Å². The Bertz CT molecular complexity index is 396. The molecule has 0 atom stereocenters. The number of carbonyl (C=O) groups excluding carboxylic acids is 2. The Morgan fingerprint density at radius 2 is 1.52 bits per heavy atom. The number of nitrogens with zero attached hydrogens (tertiary/aromatic N) is 1. The van der Waals surface area contributed by atoms with Gasteiger partial charge >= 0.3 is 17.9 Å². The number of aliphatic carboxylic acids is 1. The lowest BCUT2D eigenvalue weighted by Gasteiger charge is -1.91. The van der Waals surface area contributed by atoms with Gasteiger partial charge in [-0.05, 0) is 41.4 Å². The van der Waals surface area contributed by atoms with E-state index in [1.165, 1.54) is 7.11 Å². The predicted molar refractivity (Wildman–Crippen MR) is 100 cm³/mol. The van der Waals surface area contributed by atoms with Crippen molar-refractivity contribution in [2.75, 3.05) is 34.9 Å². The summed E-state index contributed by atoms with van der Waals surface area (Å²) in [6.45, 7) is 15.4. The van der Waals surface area contributed by atoms with Crippen LogP contribution in [0.15, 0.2) is 37.0 Å². The van der Waals surface area contributed by atoms with E-state index in [2.05, 4.69) is 29.2 Å². The third-order valence-corrected chi connectivity index (χ3v) is 1.72. The maximum absolute atomic E-state index is 10.2. The molecule has 7 nitrogen and oxygen atoms in total. The Labute approximate surface area is 151 Å². The van der Waals surface area contributed by atoms with E-state index in [0.29, 0.717) is 18.6 Å². The maximum Gasteiger partial charge on any atom is 0.332 e. The SMILES string of the molecule is C=C(C)C(=O)OC.C=C(CC)C(=O)O.C=CC(=O)OCC.CN(C)C. The fraction of sp³-hybridized carbons (Fsp3) is 0.500. The number of ether oxygens (including phenoxy) is 2. The van der Waals surface area contributed by atoms with Crippen LogP contribution in [0.5, 0.6) is 0 Å². The van der Waals surface area contributed by atoms with Crippen molar-refractivity contribution in [3.8, 4) is 0 Å². The fourth-order valence-corrected chi connectivity index (χ4v) is 0.527. The van der Waals surface area contributed by atoms with E-state index < -0.39 is 5.97 Å². The van der Waals surface area contributed by atoms with Crippen molar-refractivity contribution in [3.05, 3.63) is 37.0 Å². The molecule has 7 heteroatoms. The molecule has 0 rings (SSSR count). The Kier molecular flexibility index (Phi) is 26.3. The highest BCUT2D eigenvalue weighted by atomic mass is 16.5. The standard InChI is InChI=1S/3C5H8O2.C3H9N/c1-4(2)5(6)7-3;1-3-5(6)7-4-2;1-3-4(2)5(6)7;1-4(2)3/h1H2,2-3H3;3H,1,4H2,2H3;2-3H2,1H3,(H,6,7);1-3H3. The summed E-state index contributed by atoms with van der Waals surface area (Å²) in [5.41, 5.74) is 0.697. The molecule has 0 unspecified atom stereocenters. The Morgan fingerprint density at radius 1 is 1.12 bits per heavy atom. The third kappa shape index (κ3) is 38.9. The van der Waals surface area contributed by atoms with Crippen LogP contribution in [0.3, 0.4) is 0 Å². The van der Waals surface area contributed by atoms with Gasteiger partial charge in [0, 0.05) is 17.2 Å². The number of esters is 2. The van der Waals surface area contributed by atoms with Gasteiger partial charge in [-0.1, -0.05) is 26.7 Å². The third-order valence-electron chi connectivity index (χ3n) is 1.72. The fourth-order valence-electron chi connectivity index (χ4n) is 0.527. The van der Waals surface area contributed by atoms with Crippen molar-refractivity contribution in [1.29, 1.82) is 0 Å². The minimum atomic E-state index is -0.900. The van der Waals surface area contributed by atoms with E-state index in [4.69, 9.17) is 5.11 Å². The topological polar surface area (TPSA) is 93.1 Å². The van der Waals surface area contributed by atoms with Crippen molar-refractivity contribution in [2.45, 2.75) is 27.2 Å². The molecule has 0 radical (unpaired) electrons. The van der Waals surface area contributed by atoms with Gasteiger partial charge in [-0.2, -0.15) is 0 Å². The Balaban J connectivity index is -0.000000120. The first-order valence-electron chi connectivity index (χ1n) is 7.45. The van der Waals surface area contributed by atoms with E-state index >= 15 is 0 Å².